The van der Waals surface area contributed by atoms with Crippen LogP contribution in [-0.4, -0.2) is 36.7 Å². The molecule has 1 unspecified atom stereocenters. The molecule has 0 bridgehead atoms. The number of halogens is 1. The number of sulfonamides is 1. The number of aliphatic carboxylic acids is 1. The highest BCUT2D eigenvalue weighted by atomic mass is 35.5. The van der Waals surface area contributed by atoms with E-state index in [2.05, 4.69) is 4.72 Å². The van der Waals surface area contributed by atoms with E-state index in [0.29, 0.717) is 10.6 Å². The first-order valence-electron chi connectivity index (χ1n) is 9.54. The van der Waals surface area contributed by atoms with Gasteiger partial charge in [0, 0.05) is 21.9 Å². The summed E-state index contributed by atoms with van der Waals surface area (Å²) in [5.74, 6) is -1.26. The molecule has 9 heteroatoms. The van der Waals surface area contributed by atoms with E-state index in [1.807, 2.05) is 0 Å². The number of hydrogen-bond acceptors (Lipinski definition) is 5. The molecule has 0 radical (unpaired) electrons. The van der Waals surface area contributed by atoms with Crippen LogP contribution in [0.2, 0.25) is 5.02 Å². The Labute approximate surface area is 189 Å². The second-order valence-corrected chi connectivity index (χ2v) is 11.0. The average molecular weight is 478 g/mol. The van der Waals surface area contributed by atoms with Crippen molar-refractivity contribution in [3.05, 3.63) is 77.3 Å². The van der Waals surface area contributed by atoms with Crippen molar-refractivity contribution in [1.82, 2.24) is 4.72 Å². The number of rotatable bonds is 8. The Balaban J connectivity index is 1.68. The maximum Gasteiger partial charge on any atom is 0.325 e. The van der Waals surface area contributed by atoms with E-state index >= 15 is 0 Å². The molecule has 2 aromatic carbocycles. The largest absolute Gasteiger partial charge is 0.480 e. The number of carbonyl (C=O) groups is 1. The summed E-state index contributed by atoms with van der Waals surface area (Å²) in [6, 6.07) is 19.0. The van der Waals surface area contributed by atoms with Crippen LogP contribution in [0.3, 0.4) is 0 Å². The third kappa shape index (κ3) is 3.79. The Kier molecular flexibility index (Phi) is 5.70. The Morgan fingerprint density at radius 3 is 2.35 bits per heavy atom. The Bertz CT molecular complexity index is 1210. The van der Waals surface area contributed by atoms with Crippen molar-refractivity contribution in [2.24, 2.45) is 0 Å². The van der Waals surface area contributed by atoms with Crippen LogP contribution < -0.4 is 4.72 Å². The minimum absolute atomic E-state index is 0.0240. The zero-order valence-electron chi connectivity index (χ0n) is 16.3. The molecular formula is C22H20ClNO5S2. The zero-order chi connectivity index (χ0) is 22.3. The van der Waals surface area contributed by atoms with Gasteiger partial charge >= 0.3 is 5.97 Å². The SMILES string of the molecule is O=C(O)C1(NS(=O)(=O)c2ccc(-c3ccc(Cl)cc3)s2)C[C@@]1(CCO)c1ccccc1. The van der Waals surface area contributed by atoms with Gasteiger partial charge in [-0.05, 0) is 48.2 Å². The quantitative estimate of drug-likeness (QED) is 0.456. The van der Waals surface area contributed by atoms with Crippen molar-refractivity contribution in [3.8, 4) is 10.4 Å². The molecule has 3 N–H and O–H groups in total. The number of thiophene rings is 1. The Hall–Kier alpha value is -2.23. The van der Waals surface area contributed by atoms with E-state index in [4.69, 9.17) is 11.6 Å². The fourth-order valence-corrected chi connectivity index (χ4v) is 6.99. The average Bonchev–Trinajstić information content (AvgIpc) is 3.12. The molecule has 0 saturated heterocycles. The summed E-state index contributed by atoms with van der Waals surface area (Å²) in [6.45, 7) is -0.259. The summed E-state index contributed by atoms with van der Waals surface area (Å²) >= 11 is 6.97. The molecule has 1 fully saturated rings. The number of aliphatic hydroxyl groups is 1. The number of nitrogens with one attached hydrogen (secondary N) is 1. The van der Waals surface area contributed by atoms with Crippen molar-refractivity contribution in [3.63, 3.8) is 0 Å². The van der Waals surface area contributed by atoms with Gasteiger partial charge in [0.05, 0.1) is 0 Å². The molecule has 31 heavy (non-hydrogen) atoms. The number of carboxylic acid groups (broad SMARTS) is 1. The fourth-order valence-electron chi connectivity index (χ4n) is 4.12. The van der Waals surface area contributed by atoms with Gasteiger partial charge in [0.2, 0.25) is 0 Å². The highest BCUT2D eigenvalue weighted by Crippen LogP contribution is 2.60. The van der Waals surface area contributed by atoms with Crippen molar-refractivity contribution >= 4 is 38.9 Å². The minimum atomic E-state index is -4.11. The number of hydrogen-bond donors (Lipinski definition) is 3. The molecule has 4 rings (SSSR count). The lowest BCUT2D eigenvalue weighted by Gasteiger charge is -2.23. The smallest absolute Gasteiger partial charge is 0.325 e. The first-order valence-corrected chi connectivity index (χ1v) is 12.2. The third-order valence-electron chi connectivity index (χ3n) is 5.77. The van der Waals surface area contributed by atoms with E-state index in [-0.39, 0.29) is 23.7 Å². The molecular weight excluding hydrogens is 458 g/mol. The molecule has 6 nitrogen and oxygen atoms in total. The second kappa shape index (κ2) is 8.03. The summed E-state index contributed by atoms with van der Waals surface area (Å²) in [5.41, 5.74) is -1.24. The summed E-state index contributed by atoms with van der Waals surface area (Å²) in [7, 11) is -4.11. The van der Waals surface area contributed by atoms with Gasteiger partial charge in [0.15, 0.2) is 0 Å². The van der Waals surface area contributed by atoms with Crippen LogP contribution in [0.15, 0.2) is 70.9 Å². The van der Waals surface area contributed by atoms with Crippen LogP contribution in [-0.2, 0) is 20.2 Å². The predicted molar refractivity (Wildman–Crippen MR) is 120 cm³/mol. The van der Waals surface area contributed by atoms with Gasteiger partial charge in [0.25, 0.3) is 10.0 Å². The van der Waals surface area contributed by atoms with Crippen LogP contribution in [0.5, 0.6) is 0 Å². The molecule has 1 saturated carbocycles. The summed E-state index contributed by atoms with van der Waals surface area (Å²) in [4.78, 5) is 13.0. The summed E-state index contributed by atoms with van der Waals surface area (Å²) in [6.07, 6.45) is 0.195. The van der Waals surface area contributed by atoms with Crippen molar-refractivity contribution < 1.29 is 23.4 Å². The number of benzene rings is 2. The van der Waals surface area contributed by atoms with Crippen LogP contribution in [0.25, 0.3) is 10.4 Å². The van der Waals surface area contributed by atoms with Gasteiger partial charge in [0.1, 0.15) is 9.75 Å². The first kappa shape index (κ1) is 22.0. The van der Waals surface area contributed by atoms with Gasteiger partial charge in [-0.3, -0.25) is 4.79 Å². The first-order chi connectivity index (χ1) is 14.7. The lowest BCUT2D eigenvalue weighted by Crippen LogP contribution is -2.48. The predicted octanol–water partition coefficient (Wildman–Crippen LogP) is 3.89. The van der Waals surface area contributed by atoms with Gasteiger partial charge in [-0.2, -0.15) is 4.72 Å². The molecule has 1 aliphatic rings. The maximum atomic E-state index is 13.2. The molecule has 0 spiro atoms. The minimum Gasteiger partial charge on any atom is -0.480 e. The molecule has 3 aromatic rings. The summed E-state index contributed by atoms with van der Waals surface area (Å²) in [5, 5.41) is 20.2. The highest BCUT2D eigenvalue weighted by Gasteiger charge is 2.74. The van der Waals surface area contributed by atoms with Crippen LogP contribution in [0.1, 0.15) is 18.4 Å². The molecule has 1 aliphatic carbocycles. The fraction of sp³-hybridized carbons (Fsp3) is 0.227. The van der Waals surface area contributed by atoms with E-state index in [1.54, 1.807) is 60.7 Å². The molecule has 0 aliphatic heterocycles. The van der Waals surface area contributed by atoms with E-state index < -0.39 is 26.9 Å². The highest BCUT2D eigenvalue weighted by molar-refractivity contribution is 7.91. The van der Waals surface area contributed by atoms with Crippen LogP contribution >= 0.6 is 22.9 Å². The zero-order valence-corrected chi connectivity index (χ0v) is 18.7. The van der Waals surface area contributed by atoms with Crippen molar-refractivity contribution in [1.29, 1.82) is 0 Å². The Morgan fingerprint density at radius 2 is 1.74 bits per heavy atom. The van der Waals surface area contributed by atoms with Gasteiger partial charge in [-0.25, -0.2) is 8.42 Å². The molecule has 1 heterocycles. The normalized spacial score (nSPS) is 22.9. The number of aliphatic hydroxyl groups excluding tert-OH is 1. The lowest BCUT2D eigenvalue weighted by molar-refractivity contribution is -0.140. The molecule has 0 amide bonds. The van der Waals surface area contributed by atoms with E-state index in [9.17, 15) is 23.4 Å². The topological polar surface area (TPSA) is 104 Å². The monoisotopic (exact) mass is 477 g/mol. The van der Waals surface area contributed by atoms with Gasteiger partial charge in [-0.15, -0.1) is 11.3 Å². The Morgan fingerprint density at radius 1 is 1.06 bits per heavy atom. The summed E-state index contributed by atoms with van der Waals surface area (Å²) < 4.78 is 28.8. The van der Waals surface area contributed by atoms with Crippen LogP contribution in [0.4, 0.5) is 0 Å². The van der Waals surface area contributed by atoms with Gasteiger partial charge < -0.3 is 10.2 Å². The van der Waals surface area contributed by atoms with E-state index in [1.165, 1.54) is 6.07 Å². The maximum absolute atomic E-state index is 13.2. The molecule has 2 atom stereocenters. The third-order valence-corrected chi connectivity index (χ3v) is 9.14. The molecule has 1 aromatic heterocycles. The van der Waals surface area contributed by atoms with Crippen molar-refractivity contribution in [2.45, 2.75) is 28.0 Å². The lowest BCUT2D eigenvalue weighted by atomic mass is 9.88. The molecule has 162 valence electrons. The standard InChI is InChI=1S/C22H20ClNO5S2/c23-17-8-6-15(7-9-17)18-10-11-19(30-18)31(28,29)24-22(20(26)27)14-21(22,12-13-25)16-4-2-1-3-5-16/h1-11,24-25H,12-14H2,(H,26,27)/t21-,22?/m0/s1. The van der Waals surface area contributed by atoms with E-state index in [0.717, 1.165) is 21.8 Å². The van der Waals surface area contributed by atoms with Crippen molar-refractivity contribution in [2.75, 3.05) is 6.61 Å². The van der Waals surface area contributed by atoms with Gasteiger partial charge in [-0.1, -0.05) is 54.1 Å². The van der Waals surface area contributed by atoms with Crippen LogP contribution in [0, 0.1) is 0 Å². The second-order valence-electron chi connectivity index (χ2n) is 7.54. The number of carboxylic acids is 1.